The lowest BCUT2D eigenvalue weighted by atomic mass is 10.1. The fourth-order valence-corrected chi connectivity index (χ4v) is 4.18. The monoisotopic (exact) mass is 406 g/mol. The number of carbonyl (C=O) groups excluding carboxylic acids is 2. The highest BCUT2D eigenvalue weighted by atomic mass is 16.2. The van der Waals surface area contributed by atoms with Crippen LogP contribution in [0.15, 0.2) is 54.6 Å². The van der Waals surface area contributed by atoms with E-state index >= 15 is 0 Å². The zero-order valence-corrected chi connectivity index (χ0v) is 17.4. The molecule has 2 fully saturated rings. The van der Waals surface area contributed by atoms with Crippen molar-refractivity contribution in [2.45, 2.75) is 19.4 Å². The van der Waals surface area contributed by atoms with E-state index < -0.39 is 0 Å². The third-order valence-corrected chi connectivity index (χ3v) is 5.87. The van der Waals surface area contributed by atoms with Gasteiger partial charge in [-0.15, -0.1) is 0 Å². The molecule has 2 saturated heterocycles. The number of amides is 2. The Bertz CT molecular complexity index is 857. The molecule has 2 aromatic rings. The second-order valence-corrected chi connectivity index (χ2v) is 8.17. The van der Waals surface area contributed by atoms with Gasteiger partial charge < -0.3 is 10.2 Å². The summed E-state index contributed by atoms with van der Waals surface area (Å²) in [5, 5.41) is 2.96. The smallest absolute Gasteiger partial charge is 0.253 e. The van der Waals surface area contributed by atoms with Crippen LogP contribution in [0.4, 0.5) is 5.69 Å². The van der Waals surface area contributed by atoms with Crippen LogP contribution in [0, 0.1) is 0 Å². The SMILES string of the molecule is O=C(CN1CCN(Cc2ccccc2)CC1)Nc1cccc(C(=O)N2CCCC2)c1. The summed E-state index contributed by atoms with van der Waals surface area (Å²) in [6, 6.07) is 17.8. The molecule has 0 unspecified atom stereocenters. The molecule has 0 aromatic heterocycles. The summed E-state index contributed by atoms with van der Waals surface area (Å²) in [5.41, 5.74) is 2.66. The van der Waals surface area contributed by atoms with Crippen LogP contribution in [0.5, 0.6) is 0 Å². The number of piperazine rings is 1. The minimum atomic E-state index is -0.0303. The van der Waals surface area contributed by atoms with Gasteiger partial charge in [0.15, 0.2) is 0 Å². The quantitative estimate of drug-likeness (QED) is 0.801. The van der Waals surface area contributed by atoms with E-state index in [1.807, 2.05) is 29.2 Å². The molecule has 30 heavy (non-hydrogen) atoms. The molecule has 2 amide bonds. The highest BCUT2D eigenvalue weighted by Gasteiger charge is 2.21. The first-order valence-corrected chi connectivity index (χ1v) is 10.9. The molecule has 0 aliphatic carbocycles. The predicted molar refractivity (Wildman–Crippen MR) is 118 cm³/mol. The minimum Gasteiger partial charge on any atom is -0.339 e. The van der Waals surface area contributed by atoms with Crippen molar-refractivity contribution in [3.8, 4) is 0 Å². The summed E-state index contributed by atoms with van der Waals surface area (Å²) in [6.07, 6.45) is 2.14. The highest BCUT2D eigenvalue weighted by molar-refractivity contribution is 5.97. The summed E-state index contributed by atoms with van der Waals surface area (Å²) < 4.78 is 0. The average molecular weight is 407 g/mol. The molecule has 2 aromatic carbocycles. The van der Waals surface area contributed by atoms with E-state index in [1.54, 1.807) is 6.07 Å². The van der Waals surface area contributed by atoms with Crippen molar-refractivity contribution in [1.29, 1.82) is 0 Å². The van der Waals surface area contributed by atoms with E-state index in [2.05, 4.69) is 39.4 Å². The first kappa shape index (κ1) is 20.6. The Hall–Kier alpha value is -2.70. The Kier molecular flexibility index (Phi) is 6.77. The van der Waals surface area contributed by atoms with Crippen LogP contribution in [0.25, 0.3) is 0 Å². The van der Waals surface area contributed by atoms with Crippen LogP contribution < -0.4 is 5.32 Å². The summed E-state index contributed by atoms with van der Waals surface area (Å²) in [7, 11) is 0. The maximum absolute atomic E-state index is 12.6. The highest BCUT2D eigenvalue weighted by Crippen LogP contribution is 2.16. The van der Waals surface area contributed by atoms with E-state index in [0.29, 0.717) is 17.8 Å². The molecule has 4 rings (SSSR count). The third-order valence-electron chi connectivity index (χ3n) is 5.87. The molecule has 0 bridgehead atoms. The Balaban J connectivity index is 1.24. The normalized spacial score (nSPS) is 17.8. The van der Waals surface area contributed by atoms with E-state index in [4.69, 9.17) is 0 Å². The van der Waals surface area contributed by atoms with Gasteiger partial charge >= 0.3 is 0 Å². The number of nitrogens with one attached hydrogen (secondary N) is 1. The Morgan fingerprint density at radius 3 is 2.23 bits per heavy atom. The summed E-state index contributed by atoms with van der Waals surface area (Å²) >= 11 is 0. The van der Waals surface area contributed by atoms with Crippen molar-refractivity contribution in [3.05, 3.63) is 65.7 Å². The second kappa shape index (κ2) is 9.87. The van der Waals surface area contributed by atoms with Crippen molar-refractivity contribution >= 4 is 17.5 Å². The van der Waals surface area contributed by atoms with Crippen LogP contribution in [0.2, 0.25) is 0 Å². The van der Waals surface area contributed by atoms with Crippen LogP contribution >= 0.6 is 0 Å². The summed E-state index contributed by atoms with van der Waals surface area (Å²) in [6.45, 7) is 6.67. The maximum Gasteiger partial charge on any atom is 0.253 e. The zero-order valence-electron chi connectivity index (χ0n) is 17.4. The number of likely N-dealkylation sites (tertiary alicyclic amines) is 1. The minimum absolute atomic E-state index is 0.0303. The van der Waals surface area contributed by atoms with Gasteiger partial charge in [-0.3, -0.25) is 19.4 Å². The number of rotatable bonds is 6. The van der Waals surface area contributed by atoms with E-state index in [1.165, 1.54) is 5.56 Å². The number of nitrogens with zero attached hydrogens (tertiary/aromatic N) is 3. The number of carbonyl (C=O) groups is 2. The van der Waals surface area contributed by atoms with Gasteiger partial charge in [0.2, 0.25) is 5.91 Å². The molecule has 0 spiro atoms. The zero-order chi connectivity index (χ0) is 20.8. The van der Waals surface area contributed by atoms with Gasteiger partial charge in [0.1, 0.15) is 0 Å². The van der Waals surface area contributed by atoms with Crippen LogP contribution in [0.1, 0.15) is 28.8 Å². The van der Waals surface area contributed by atoms with Gasteiger partial charge in [-0.2, -0.15) is 0 Å². The molecule has 158 valence electrons. The summed E-state index contributed by atoms with van der Waals surface area (Å²) in [4.78, 5) is 31.6. The standard InChI is InChI=1S/C24H30N4O2/c29-23(19-27-15-13-26(14-16-27)18-20-7-2-1-3-8-20)25-22-10-6-9-21(17-22)24(30)28-11-4-5-12-28/h1-3,6-10,17H,4-5,11-16,18-19H2,(H,25,29). The third kappa shape index (κ3) is 5.46. The average Bonchev–Trinajstić information content (AvgIpc) is 3.30. The molecule has 0 radical (unpaired) electrons. The Morgan fingerprint density at radius 1 is 0.800 bits per heavy atom. The van der Waals surface area contributed by atoms with Crippen molar-refractivity contribution in [2.75, 3.05) is 51.1 Å². The lowest BCUT2D eigenvalue weighted by Gasteiger charge is -2.34. The van der Waals surface area contributed by atoms with E-state index in [-0.39, 0.29) is 11.8 Å². The van der Waals surface area contributed by atoms with Crippen molar-refractivity contribution < 1.29 is 9.59 Å². The van der Waals surface area contributed by atoms with Crippen molar-refractivity contribution in [2.24, 2.45) is 0 Å². The van der Waals surface area contributed by atoms with Crippen LogP contribution in [0.3, 0.4) is 0 Å². The molecule has 0 saturated carbocycles. The van der Waals surface area contributed by atoms with Crippen LogP contribution in [-0.4, -0.2) is 72.3 Å². The molecular formula is C24H30N4O2. The molecule has 6 nitrogen and oxygen atoms in total. The number of benzene rings is 2. The molecule has 6 heteroatoms. The number of hydrogen-bond donors (Lipinski definition) is 1. The number of anilines is 1. The van der Waals surface area contributed by atoms with Gasteiger partial charge in [0.25, 0.3) is 5.91 Å². The molecule has 2 aliphatic heterocycles. The fourth-order valence-electron chi connectivity index (χ4n) is 4.18. The van der Waals surface area contributed by atoms with Gasteiger partial charge in [-0.1, -0.05) is 36.4 Å². The fraction of sp³-hybridized carbons (Fsp3) is 0.417. The molecule has 0 atom stereocenters. The van der Waals surface area contributed by atoms with Crippen molar-refractivity contribution in [1.82, 2.24) is 14.7 Å². The lowest BCUT2D eigenvalue weighted by Crippen LogP contribution is -2.48. The van der Waals surface area contributed by atoms with Crippen LogP contribution in [-0.2, 0) is 11.3 Å². The van der Waals surface area contributed by atoms with Gasteiger partial charge in [-0.05, 0) is 36.6 Å². The molecule has 1 N–H and O–H groups in total. The van der Waals surface area contributed by atoms with Gasteiger partial charge in [0.05, 0.1) is 6.54 Å². The first-order valence-electron chi connectivity index (χ1n) is 10.9. The number of hydrogen-bond acceptors (Lipinski definition) is 4. The van der Waals surface area contributed by atoms with E-state index in [0.717, 1.165) is 58.7 Å². The first-order chi connectivity index (χ1) is 14.7. The molecular weight excluding hydrogens is 376 g/mol. The molecule has 2 aliphatic rings. The van der Waals surface area contributed by atoms with Gasteiger partial charge in [-0.25, -0.2) is 0 Å². The van der Waals surface area contributed by atoms with Gasteiger partial charge in [0, 0.05) is 57.1 Å². The molecule has 2 heterocycles. The largest absolute Gasteiger partial charge is 0.339 e. The second-order valence-electron chi connectivity index (χ2n) is 8.17. The topological polar surface area (TPSA) is 55.9 Å². The Morgan fingerprint density at radius 2 is 1.50 bits per heavy atom. The Labute approximate surface area is 178 Å². The predicted octanol–water partition coefficient (Wildman–Crippen LogP) is 2.68. The lowest BCUT2D eigenvalue weighted by molar-refractivity contribution is -0.117. The summed E-state index contributed by atoms with van der Waals surface area (Å²) in [5.74, 6) is 0.0235. The van der Waals surface area contributed by atoms with Crippen molar-refractivity contribution in [3.63, 3.8) is 0 Å². The van der Waals surface area contributed by atoms with E-state index in [9.17, 15) is 9.59 Å². The maximum atomic E-state index is 12.6.